The van der Waals surface area contributed by atoms with E-state index in [1.165, 1.54) is 16.8 Å². The predicted molar refractivity (Wildman–Crippen MR) is 73.7 cm³/mol. The Labute approximate surface area is 108 Å². The molecule has 1 aromatic rings. The Morgan fingerprint density at radius 1 is 1.28 bits per heavy atom. The molecular weight excluding hydrogens is 228 g/mol. The van der Waals surface area contributed by atoms with Crippen molar-refractivity contribution in [3.8, 4) is 0 Å². The number of rotatable bonds is 4. The molecule has 0 radical (unpaired) electrons. The van der Waals surface area contributed by atoms with Gasteiger partial charge in [0.05, 0.1) is 0 Å². The Balaban J connectivity index is 2.98. The maximum absolute atomic E-state index is 11.7. The molecule has 102 valence electrons. The van der Waals surface area contributed by atoms with Crippen LogP contribution in [0.25, 0.3) is 0 Å². The summed E-state index contributed by atoms with van der Waals surface area (Å²) in [5.41, 5.74) is -0.347. The van der Waals surface area contributed by atoms with Crippen molar-refractivity contribution in [2.75, 3.05) is 0 Å². The zero-order valence-corrected chi connectivity index (χ0v) is 12.0. The van der Waals surface area contributed by atoms with Crippen molar-refractivity contribution in [2.45, 2.75) is 47.6 Å². The van der Waals surface area contributed by atoms with Gasteiger partial charge in [0.1, 0.15) is 0 Å². The van der Waals surface area contributed by atoms with Crippen LogP contribution in [0.5, 0.6) is 0 Å². The summed E-state index contributed by atoms with van der Waals surface area (Å²) < 4.78 is 1.30. The molecule has 1 aromatic heterocycles. The summed E-state index contributed by atoms with van der Waals surface area (Å²) in [6, 6.07) is 1.40. The zero-order valence-electron chi connectivity index (χ0n) is 12.0. The molecule has 0 aromatic carbocycles. The Kier molecular flexibility index (Phi) is 4.54. The van der Waals surface area contributed by atoms with Gasteiger partial charge in [-0.25, -0.2) is 4.79 Å². The van der Waals surface area contributed by atoms with E-state index >= 15 is 0 Å². The molecule has 1 atom stereocenters. The molecule has 4 heteroatoms. The van der Waals surface area contributed by atoms with E-state index in [9.17, 15) is 9.59 Å². The van der Waals surface area contributed by atoms with Gasteiger partial charge in [-0.15, -0.1) is 0 Å². The summed E-state index contributed by atoms with van der Waals surface area (Å²) in [7, 11) is 0. The normalized spacial score (nSPS) is 13.9. The van der Waals surface area contributed by atoms with Gasteiger partial charge in [-0.3, -0.25) is 9.36 Å². The fourth-order valence-corrected chi connectivity index (χ4v) is 2.16. The number of nitrogens with zero attached hydrogens (tertiary/aromatic N) is 1. The highest BCUT2D eigenvalue weighted by molar-refractivity contribution is 4.84. The first-order chi connectivity index (χ1) is 8.20. The minimum absolute atomic E-state index is 0.195. The van der Waals surface area contributed by atoms with Crippen LogP contribution in [-0.2, 0) is 6.54 Å². The zero-order chi connectivity index (χ0) is 13.9. The van der Waals surface area contributed by atoms with E-state index < -0.39 is 0 Å². The first-order valence-corrected chi connectivity index (χ1v) is 6.49. The Hall–Kier alpha value is -1.32. The van der Waals surface area contributed by atoms with Crippen LogP contribution < -0.4 is 11.2 Å². The number of aromatic nitrogens is 2. The van der Waals surface area contributed by atoms with Gasteiger partial charge in [0, 0.05) is 18.8 Å². The summed E-state index contributed by atoms with van der Waals surface area (Å²) in [5, 5.41) is 0. The van der Waals surface area contributed by atoms with Crippen molar-refractivity contribution >= 4 is 0 Å². The molecule has 0 aliphatic heterocycles. The number of H-pyrrole nitrogens is 1. The van der Waals surface area contributed by atoms with Gasteiger partial charge >= 0.3 is 5.69 Å². The van der Waals surface area contributed by atoms with E-state index in [1.54, 1.807) is 0 Å². The summed E-state index contributed by atoms with van der Waals surface area (Å²) in [5.74, 6) is 0.766. The molecule has 0 bridgehead atoms. The maximum Gasteiger partial charge on any atom is 0.328 e. The largest absolute Gasteiger partial charge is 0.328 e. The SMILES string of the molecule is CC(C)[C@H](Cn1c(=O)cc[nH]c1=O)CC(C)(C)C. The van der Waals surface area contributed by atoms with Crippen LogP contribution in [0, 0.1) is 17.3 Å². The third kappa shape index (κ3) is 4.17. The first kappa shape index (κ1) is 14.7. The lowest BCUT2D eigenvalue weighted by Gasteiger charge is -2.28. The average molecular weight is 252 g/mol. The molecule has 0 spiro atoms. The second-order valence-corrected chi connectivity index (χ2v) is 6.50. The molecular formula is C14H24N2O2. The smallest absolute Gasteiger partial charge is 0.314 e. The first-order valence-electron chi connectivity index (χ1n) is 6.49. The molecule has 0 aliphatic carbocycles. The fourth-order valence-electron chi connectivity index (χ4n) is 2.16. The van der Waals surface area contributed by atoms with Gasteiger partial charge in [-0.2, -0.15) is 0 Å². The van der Waals surface area contributed by atoms with Crippen LogP contribution in [-0.4, -0.2) is 9.55 Å². The molecule has 0 amide bonds. The predicted octanol–water partition coefficient (Wildman–Crippen LogP) is 2.25. The number of hydrogen-bond acceptors (Lipinski definition) is 2. The number of hydrogen-bond donors (Lipinski definition) is 1. The topological polar surface area (TPSA) is 54.9 Å². The second kappa shape index (κ2) is 5.55. The van der Waals surface area contributed by atoms with E-state index in [0.717, 1.165) is 6.42 Å². The van der Waals surface area contributed by atoms with Crippen molar-refractivity contribution < 1.29 is 0 Å². The lowest BCUT2D eigenvalue weighted by Crippen LogP contribution is -2.37. The van der Waals surface area contributed by atoms with Gasteiger partial charge in [0.15, 0.2) is 0 Å². The van der Waals surface area contributed by atoms with E-state index in [0.29, 0.717) is 18.4 Å². The Morgan fingerprint density at radius 2 is 1.89 bits per heavy atom. The van der Waals surface area contributed by atoms with Crippen LogP contribution in [0.15, 0.2) is 21.9 Å². The van der Waals surface area contributed by atoms with Crippen molar-refractivity contribution in [3.63, 3.8) is 0 Å². The summed E-state index contributed by atoms with van der Waals surface area (Å²) >= 11 is 0. The molecule has 1 heterocycles. The third-order valence-electron chi connectivity index (χ3n) is 3.18. The Morgan fingerprint density at radius 3 is 2.33 bits per heavy atom. The van der Waals surface area contributed by atoms with E-state index in [1.807, 2.05) is 0 Å². The molecule has 4 nitrogen and oxygen atoms in total. The average Bonchev–Trinajstić information content (AvgIpc) is 2.20. The second-order valence-electron chi connectivity index (χ2n) is 6.50. The fraction of sp³-hybridized carbons (Fsp3) is 0.714. The quantitative estimate of drug-likeness (QED) is 0.893. The van der Waals surface area contributed by atoms with Gasteiger partial charge in [0.25, 0.3) is 5.56 Å². The molecule has 0 saturated carbocycles. The van der Waals surface area contributed by atoms with Gasteiger partial charge < -0.3 is 4.98 Å². The van der Waals surface area contributed by atoms with Crippen molar-refractivity contribution in [3.05, 3.63) is 33.1 Å². The minimum Gasteiger partial charge on any atom is -0.314 e. The van der Waals surface area contributed by atoms with Crippen LogP contribution in [0.4, 0.5) is 0 Å². The summed E-state index contributed by atoms with van der Waals surface area (Å²) in [6.45, 7) is 11.3. The van der Waals surface area contributed by atoms with Crippen molar-refractivity contribution in [1.82, 2.24) is 9.55 Å². The van der Waals surface area contributed by atoms with Crippen molar-refractivity contribution in [2.24, 2.45) is 17.3 Å². The number of aromatic amines is 1. The maximum atomic E-state index is 11.7. The van der Waals surface area contributed by atoms with Crippen LogP contribution in [0.2, 0.25) is 0 Å². The highest BCUT2D eigenvalue weighted by Gasteiger charge is 2.22. The van der Waals surface area contributed by atoms with E-state index in [-0.39, 0.29) is 16.7 Å². The number of nitrogens with one attached hydrogen (secondary N) is 1. The minimum atomic E-state index is -0.318. The van der Waals surface area contributed by atoms with Gasteiger partial charge in [0.2, 0.25) is 0 Å². The highest BCUT2D eigenvalue weighted by atomic mass is 16.2. The highest BCUT2D eigenvalue weighted by Crippen LogP contribution is 2.29. The van der Waals surface area contributed by atoms with E-state index in [4.69, 9.17) is 0 Å². The van der Waals surface area contributed by atoms with Gasteiger partial charge in [-0.1, -0.05) is 34.6 Å². The van der Waals surface area contributed by atoms with Gasteiger partial charge in [-0.05, 0) is 23.7 Å². The lowest BCUT2D eigenvalue weighted by atomic mass is 9.79. The standard InChI is InChI=1S/C14H24N2O2/c1-10(2)11(8-14(3,4)5)9-16-12(17)6-7-15-13(16)18/h6-7,10-11H,8-9H2,1-5H3,(H,15,18)/t11-/m0/s1. The summed E-state index contributed by atoms with van der Waals surface area (Å²) in [4.78, 5) is 25.9. The molecule has 0 saturated heterocycles. The van der Waals surface area contributed by atoms with Crippen LogP contribution >= 0.6 is 0 Å². The molecule has 0 fully saturated rings. The third-order valence-corrected chi connectivity index (χ3v) is 3.18. The molecule has 1 rings (SSSR count). The van der Waals surface area contributed by atoms with Crippen molar-refractivity contribution in [1.29, 1.82) is 0 Å². The molecule has 0 aliphatic rings. The molecule has 1 N–H and O–H groups in total. The monoisotopic (exact) mass is 252 g/mol. The van der Waals surface area contributed by atoms with E-state index in [2.05, 4.69) is 39.6 Å². The Bertz CT molecular complexity index is 463. The van der Waals surface area contributed by atoms with Crippen LogP contribution in [0.3, 0.4) is 0 Å². The summed E-state index contributed by atoms with van der Waals surface area (Å²) in [6.07, 6.45) is 2.39. The molecule has 18 heavy (non-hydrogen) atoms. The lowest BCUT2D eigenvalue weighted by molar-refractivity contribution is 0.215. The molecule has 0 unspecified atom stereocenters. The van der Waals surface area contributed by atoms with Crippen LogP contribution in [0.1, 0.15) is 41.0 Å².